The van der Waals surface area contributed by atoms with Gasteiger partial charge in [-0.05, 0) is 37.6 Å². The minimum absolute atomic E-state index is 0.140. The first kappa shape index (κ1) is 11.5. The summed E-state index contributed by atoms with van der Waals surface area (Å²) in [6.07, 6.45) is 0.667. The smallest absolute Gasteiger partial charge is 0.335 e. The fourth-order valence-electron chi connectivity index (χ4n) is 1.26. The van der Waals surface area contributed by atoms with Crippen LogP contribution in [0.2, 0.25) is 0 Å². The zero-order valence-electron chi connectivity index (χ0n) is 8.60. The van der Waals surface area contributed by atoms with Crippen LogP contribution in [0.25, 0.3) is 0 Å². The van der Waals surface area contributed by atoms with E-state index < -0.39 is 5.97 Å². The van der Waals surface area contributed by atoms with Gasteiger partial charge in [-0.3, -0.25) is 0 Å². The topological polar surface area (TPSA) is 69.6 Å². The van der Waals surface area contributed by atoms with Gasteiger partial charge >= 0.3 is 5.97 Å². The van der Waals surface area contributed by atoms with Crippen LogP contribution >= 0.6 is 0 Å². The van der Waals surface area contributed by atoms with E-state index in [4.69, 9.17) is 10.2 Å². The summed E-state index contributed by atoms with van der Waals surface area (Å²) in [5, 5.41) is 20.6. The van der Waals surface area contributed by atoms with Crippen molar-refractivity contribution in [1.82, 2.24) is 0 Å². The maximum atomic E-state index is 10.6. The van der Waals surface area contributed by atoms with Gasteiger partial charge in [-0.25, -0.2) is 4.79 Å². The highest BCUT2D eigenvalue weighted by Gasteiger charge is 2.03. The van der Waals surface area contributed by atoms with Crippen LogP contribution in [-0.2, 0) is 0 Å². The summed E-state index contributed by atoms with van der Waals surface area (Å²) in [7, 11) is 0. The molecule has 0 amide bonds. The lowest BCUT2D eigenvalue weighted by Gasteiger charge is -2.13. The average Bonchev–Trinajstić information content (AvgIpc) is 2.18. The maximum absolute atomic E-state index is 10.6. The molecule has 0 aliphatic heterocycles. The fraction of sp³-hybridized carbons (Fsp3) is 0.364. The van der Waals surface area contributed by atoms with Crippen molar-refractivity contribution in [3.63, 3.8) is 0 Å². The van der Waals surface area contributed by atoms with Crippen molar-refractivity contribution in [3.8, 4) is 0 Å². The summed E-state index contributed by atoms with van der Waals surface area (Å²) in [6, 6.07) is 6.71. The second-order valence-electron chi connectivity index (χ2n) is 3.44. The van der Waals surface area contributed by atoms with Crippen molar-refractivity contribution < 1.29 is 15.0 Å². The molecule has 0 aliphatic rings. The van der Waals surface area contributed by atoms with E-state index in [0.29, 0.717) is 6.42 Å². The molecule has 3 N–H and O–H groups in total. The Kier molecular flexibility index (Phi) is 4.12. The molecule has 82 valence electrons. The molecule has 1 rings (SSSR count). The molecule has 0 aliphatic carbocycles. The molecular weight excluding hydrogens is 194 g/mol. The average molecular weight is 209 g/mol. The van der Waals surface area contributed by atoms with Crippen LogP contribution in [0.15, 0.2) is 24.3 Å². The molecule has 1 atom stereocenters. The molecule has 0 saturated heterocycles. The molecule has 4 nitrogen and oxygen atoms in total. The second-order valence-corrected chi connectivity index (χ2v) is 3.44. The predicted octanol–water partition coefficient (Wildman–Crippen LogP) is 1.57. The van der Waals surface area contributed by atoms with Crippen molar-refractivity contribution in [2.45, 2.75) is 19.4 Å². The summed E-state index contributed by atoms with van der Waals surface area (Å²) >= 11 is 0. The Bertz CT molecular complexity index is 321. The summed E-state index contributed by atoms with van der Waals surface area (Å²) in [5.74, 6) is -0.926. The van der Waals surface area contributed by atoms with Crippen molar-refractivity contribution in [2.75, 3.05) is 11.9 Å². The van der Waals surface area contributed by atoms with Crippen LogP contribution in [0, 0.1) is 0 Å². The van der Waals surface area contributed by atoms with Gasteiger partial charge in [0, 0.05) is 18.3 Å². The van der Waals surface area contributed by atoms with E-state index in [1.807, 2.05) is 6.92 Å². The van der Waals surface area contributed by atoms with Crippen molar-refractivity contribution in [1.29, 1.82) is 0 Å². The molecule has 0 aromatic heterocycles. The Morgan fingerprint density at radius 2 is 2.00 bits per heavy atom. The van der Waals surface area contributed by atoms with Gasteiger partial charge in [-0.2, -0.15) is 0 Å². The number of aromatic carboxylic acids is 1. The third kappa shape index (κ3) is 3.59. The summed E-state index contributed by atoms with van der Waals surface area (Å²) in [5.41, 5.74) is 1.14. The van der Waals surface area contributed by atoms with Crippen LogP contribution in [0.3, 0.4) is 0 Å². The van der Waals surface area contributed by atoms with Gasteiger partial charge in [0.2, 0.25) is 0 Å². The fourth-order valence-corrected chi connectivity index (χ4v) is 1.26. The molecule has 15 heavy (non-hydrogen) atoms. The minimum Gasteiger partial charge on any atom is -0.478 e. The number of anilines is 1. The SMILES string of the molecule is CC(CCO)Nc1ccc(C(=O)O)cc1. The number of rotatable bonds is 5. The van der Waals surface area contributed by atoms with Crippen LogP contribution < -0.4 is 5.32 Å². The summed E-state index contributed by atoms with van der Waals surface area (Å²) in [6.45, 7) is 2.10. The maximum Gasteiger partial charge on any atom is 0.335 e. The van der Waals surface area contributed by atoms with Gasteiger partial charge in [-0.15, -0.1) is 0 Å². The quantitative estimate of drug-likeness (QED) is 0.688. The molecule has 4 heteroatoms. The van der Waals surface area contributed by atoms with Gasteiger partial charge in [-0.1, -0.05) is 0 Å². The first-order valence-electron chi connectivity index (χ1n) is 4.84. The minimum atomic E-state index is -0.926. The lowest BCUT2D eigenvalue weighted by molar-refractivity contribution is 0.0697. The van der Waals surface area contributed by atoms with Crippen LogP contribution in [0.1, 0.15) is 23.7 Å². The Labute approximate surface area is 88.6 Å². The van der Waals surface area contributed by atoms with Crippen molar-refractivity contribution in [2.24, 2.45) is 0 Å². The lowest BCUT2D eigenvalue weighted by atomic mass is 10.2. The number of hydrogen-bond donors (Lipinski definition) is 3. The van der Waals surface area contributed by atoms with Crippen molar-refractivity contribution in [3.05, 3.63) is 29.8 Å². The van der Waals surface area contributed by atoms with Crippen LogP contribution in [-0.4, -0.2) is 28.8 Å². The molecule has 0 radical (unpaired) electrons. The highest BCUT2D eigenvalue weighted by Crippen LogP contribution is 2.11. The third-order valence-corrected chi connectivity index (χ3v) is 2.11. The molecule has 0 heterocycles. The summed E-state index contributed by atoms with van der Waals surface area (Å²) in [4.78, 5) is 10.6. The number of carboxylic acids is 1. The van der Waals surface area contributed by atoms with E-state index in [1.54, 1.807) is 24.3 Å². The van der Waals surface area contributed by atoms with Gasteiger partial charge in [0.15, 0.2) is 0 Å². The standard InChI is InChI=1S/C11H15NO3/c1-8(6-7-13)12-10-4-2-9(3-5-10)11(14)15/h2-5,8,12-13H,6-7H2,1H3,(H,14,15). The molecule has 1 aromatic carbocycles. The van der Waals surface area contributed by atoms with E-state index in [-0.39, 0.29) is 18.2 Å². The Morgan fingerprint density at radius 3 is 2.47 bits per heavy atom. The molecular formula is C11H15NO3. The van der Waals surface area contributed by atoms with E-state index in [9.17, 15) is 4.79 Å². The Balaban J connectivity index is 2.60. The molecule has 0 spiro atoms. The number of aliphatic hydroxyl groups excluding tert-OH is 1. The number of carbonyl (C=O) groups is 1. The first-order valence-corrected chi connectivity index (χ1v) is 4.84. The van der Waals surface area contributed by atoms with Crippen molar-refractivity contribution >= 4 is 11.7 Å². The molecule has 1 aromatic rings. The van der Waals surface area contributed by atoms with Gasteiger partial charge in [0.05, 0.1) is 5.56 Å². The monoisotopic (exact) mass is 209 g/mol. The molecule has 0 bridgehead atoms. The largest absolute Gasteiger partial charge is 0.478 e. The normalized spacial score (nSPS) is 12.1. The number of carboxylic acid groups (broad SMARTS) is 1. The zero-order chi connectivity index (χ0) is 11.3. The molecule has 0 fully saturated rings. The molecule has 1 unspecified atom stereocenters. The zero-order valence-corrected chi connectivity index (χ0v) is 8.60. The van der Waals surface area contributed by atoms with Gasteiger partial charge < -0.3 is 15.5 Å². The lowest BCUT2D eigenvalue weighted by Crippen LogP contribution is -2.16. The summed E-state index contributed by atoms with van der Waals surface area (Å²) < 4.78 is 0. The van der Waals surface area contributed by atoms with E-state index >= 15 is 0 Å². The van der Waals surface area contributed by atoms with Gasteiger partial charge in [0.25, 0.3) is 0 Å². The molecule has 0 saturated carbocycles. The van der Waals surface area contributed by atoms with E-state index in [0.717, 1.165) is 5.69 Å². The number of benzene rings is 1. The van der Waals surface area contributed by atoms with Crippen LogP contribution in [0.4, 0.5) is 5.69 Å². The highest BCUT2D eigenvalue weighted by atomic mass is 16.4. The van der Waals surface area contributed by atoms with E-state index in [1.165, 1.54) is 0 Å². The van der Waals surface area contributed by atoms with Gasteiger partial charge in [0.1, 0.15) is 0 Å². The number of aliphatic hydroxyl groups is 1. The third-order valence-electron chi connectivity index (χ3n) is 2.11. The predicted molar refractivity (Wildman–Crippen MR) is 58.2 cm³/mol. The number of hydrogen-bond acceptors (Lipinski definition) is 3. The number of nitrogens with one attached hydrogen (secondary N) is 1. The van der Waals surface area contributed by atoms with Crippen LogP contribution in [0.5, 0.6) is 0 Å². The second kappa shape index (κ2) is 5.36. The highest BCUT2D eigenvalue weighted by molar-refractivity contribution is 5.87. The Hall–Kier alpha value is -1.55. The Morgan fingerprint density at radius 1 is 1.40 bits per heavy atom. The van der Waals surface area contributed by atoms with E-state index in [2.05, 4.69) is 5.32 Å². The first-order chi connectivity index (χ1) is 7.13.